The van der Waals surface area contributed by atoms with E-state index in [1.807, 2.05) is 24.3 Å². The zero-order valence-electron chi connectivity index (χ0n) is 50.1. The molecular weight excluding hydrogens is 1030 g/mol. The second-order valence-corrected chi connectivity index (χ2v) is 23.6. The summed E-state index contributed by atoms with van der Waals surface area (Å²) in [5.41, 5.74) is 24.6. The van der Waals surface area contributed by atoms with Gasteiger partial charge < -0.3 is 41.0 Å². The molecule has 0 aliphatic carbocycles. The predicted octanol–water partition coefficient (Wildman–Crippen LogP) is 19.7. The molecule has 0 heterocycles. The molecule has 8 nitrogen and oxygen atoms in total. The Bertz CT molecular complexity index is 3730. The Morgan fingerprint density at radius 1 is 0.298 bits per heavy atom. The maximum absolute atomic E-state index is 7.16. The molecule has 8 heteroatoms. The molecule has 0 saturated heterocycles. The third-order valence-electron chi connectivity index (χ3n) is 16.4. The van der Waals surface area contributed by atoms with Gasteiger partial charge in [0.1, 0.15) is 46.0 Å². The van der Waals surface area contributed by atoms with E-state index in [0.29, 0.717) is 71.3 Å². The summed E-state index contributed by atoms with van der Waals surface area (Å²) in [4.78, 5) is 0. The van der Waals surface area contributed by atoms with Crippen molar-refractivity contribution in [1.82, 2.24) is 0 Å². The second-order valence-electron chi connectivity index (χ2n) is 23.6. The van der Waals surface area contributed by atoms with Gasteiger partial charge in [0.2, 0.25) is 0 Å². The van der Waals surface area contributed by atoms with Gasteiger partial charge in [-0.05, 0) is 191 Å². The summed E-state index contributed by atoms with van der Waals surface area (Å²) in [7, 11) is 0. The van der Waals surface area contributed by atoms with Crippen LogP contribution in [0.4, 0.5) is 11.4 Å². The summed E-state index contributed by atoms with van der Waals surface area (Å²) in [5, 5.41) is 15.3. The molecule has 0 unspecified atom stereocenters. The van der Waals surface area contributed by atoms with Gasteiger partial charge in [0.25, 0.3) is 0 Å². The van der Waals surface area contributed by atoms with Crippen molar-refractivity contribution in [2.24, 2.45) is 11.5 Å². The largest absolute Gasteiger partial charge is 0.457 e. The topological polar surface area (TPSA) is 113 Å². The Labute approximate surface area is 496 Å². The maximum Gasteiger partial charge on any atom is 0.136 e. The van der Waals surface area contributed by atoms with Crippen molar-refractivity contribution in [1.29, 1.82) is 0 Å². The highest BCUT2D eigenvalue weighted by molar-refractivity contribution is 6.37. The molecule has 84 heavy (non-hydrogen) atoms. The zero-order valence-corrected chi connectivity index (χ0v) is 50.1. The number of ether oxygens (including phenoxy) is 4. The zero-order chi connectivity index (χ0) is 58.4. The number of benzene rings is 11. The SMILES string of the molecule is CC(C)c1cccc(C(C)C)c1NCCc1ccc(Oc2ccc3ccc(Oc4ccc(CCNc5c(C(C)C)cccc5C(C)C)cc4)c4c5c(Oc6ccc(CCN)cc6)ccc6ccc(Oc7ccc(CCN)cc7)c(c2c34)c65)cc1. The van der Waals surface area contributed by atoms with Gasteiger partial charge in [0, 0.05) is 56.8 Å². The molecule has 0 radical (unpaired) electrons. The van der Waals surface area contributed by atoms with E-state index in [1.54, 1.807) is 0 Å². The Morgan fingerprint density at radius 3 is 0.786 bits per heavy atom. The average molecular weight is 1110 g/mol. The monoisotopic (exact) mass is 1110 g/mol. The van der Waals surface area contributed by atoms with Gasteiger partial charge in [0.05, 0.1) is 0 Å². The molecule has 428 valence electrons. The molecule has 11 aromatic carbocycles. The third-order valence-corrected chi connectivity index (χ3v) is 16.4. The van der Waals surface area contributed by atoms with Crippen molar-refractivity contribution < 1.29 is 18.9 Å². The first-order valence-electron chi connectivity index (χ1n) is 30.3. The lowest BCUT2D eigenvalue weighted by atomic mass is 9.88. The molecule has 0 spiro atoms. The number of hydrogen-bond donors (Lipinski definition) is 4. The number of fused-ring (bicyclic) bond motifs is 2. The first-order chi connectivity index (χ1) is 40.8. The van der Waals surface area contributed by atoms with E-state index in [0.717, 1.165) is 104 Å². The lowest BCUT2D eigenvalue weighted by molar-refractivity contribution is 0.482. The molecular formula is C76H80N4O4. The molecule has 0 atom stereocenters. The quantitative estimate of drug-likeness (QED) is 0.0350. The lowest BCUT2D eigenvalue weighted by Gasteiger charge is -2.23. The molecule has 0 saturated carbocycles. The average Bonchev–Trinajstić information content (AvgIpc) is 0.998. The van der Waals surface area contributed by atoms with Crippen LogP contribution in [0.15, 0.2) is 182 Å². The minimum absolute atomic E-state index is 0.419. The Kier molecular flexibility index (Phi) is 17.4. The summed E-state index contributed by atoms with van der Waals surface area (Å²) < 4.78 is 28.4. The number of hydrogen-bond acceptors (Lipinski definition) is 8. The van der Waals surface area contributed by atoms with Crippen LogP contribution in [0.2, 0.25) is 0 Å². The number of para-hydroxylation sites is 2. The molecule has 0 fully saturated rings. The van der Waals surface area contributed by atoms with Crippen LogP contribution >= 0.6 is 0 Å². The van der Waals surface area contributed by atoms with Gasteiger partial charge in [-0.15, -0.1) is 0 Å². The highest BCUT2D eigenvalue weighted by atomic mass is 16.5. The van der Waals surface area contributed by atoms with Gasteiger partial charge in [-0.25, -0.2) is 0 Å². The normalized spacial score (nSPS) is 11.8. The van der Waals surface area contributed by atoms with Gasteiger partial charge >= 0.3 is 0 Å². The van der Waals surface area contributed by atoms with Crippen LogP contribution in [0, 0.1) is 0 Å². The van der Waals surface area contributed by atoms with Gasteiger partial charge in [-0.3, -0.25) is 0 Å². The summed E-state index contributed by atoms with van der Waals surface area (Å²) in [6.07, 6.45) is 3.29. The van der Waals surface area contributed by atoms with Crippen LogP contribution in [0.1, 0.15) is 124 Å². The van der Waals surface area contributed by atoms with E-state index in [1.165, 1.54) is 44.8 Å². The summed E-state index contributed by atoms with van der Waals surface area (Å²) in [5.74, 6) is 7.34. The van der Waals surface area contributed by atoms with E-state index in [-0.39, 0.29) is 0 Å². The highest BCUT2D eigenvalue weighted by Crippen LogP contribution is 2.54. The van der Waals surface area contributed by atoms with Crippen LogP contribution in [-0.4, -0.2) is 26.2 Å². The van der Waals surface area contributed by atoms with Crippen LogP contribution in [-0.2, 0) is 25.7 Å². The fourth-order valence-electron chi connectivity index (χ4n) is 12.0. The maximum atomic E-state index is 7.16. The van der Waals surface area contributed by atoms with Crippen molar-refractivity contribution in [2.75, 3.05) is 36.8 Å². The van der Waals surface area contributed by atoms with E-state index < -0.39 is 0 Å². The molecule has 0 amide bonds. The van der Waals surface area contributed by atoms with Crippen molar-refractivity contribution in [3.8, 4) is 46.0 Å². The van der Waals surface area contributed by atoms with E-state index in [2.05, 4.69) is 224 Å². The van der Waals surface area contributed by atoms with Crippen LogP contribution in [0.5, 0.6) is 46.0 Å². The fourth-order valence-corrected chi connectivity index (χ4v) is 12.0. The second kappa shape index (κ2) is 25.5. The third kappa shape index (κ3) is 12.2. The summed E-state index contributed by atoms with van der Waals surface area (Å²) >= 11 is 0. The molecule has 0 aliphatic rings. The number of nitrogens with one attached hydrogen (secondary N) is 2. The minimum Gasteiger partial charge on any atom is -0.457 e. The molecule has 0 aliphatic heterocycles. The van der Waals surface area contributed by atoms with Crippen molar-refractivity contribution in [2.45, 2.75) is 105 Å². The molecule has 0 aromatic heterocycles. The number of rotatable bonds is 24. The van der Waals surface area contributed by atoms with Gasteiger partial charge in [-0.2, -0.15) is 0 Å². The van der Waals surface area contributed by atoms with E-state index in [4.69, 9.17) is 30.4 Å². The van der Waals surface area contributed by atoms with E-state index in [9.17, 15) is 0 Å². The Balaban J connectivity index is 1.01. The molecule has 0 bridgehead atoms. The molecule has 11 aromatic rings. The van der Waals surface area contributed by atoms with Crippen molar-refractivity contribution in [3.63, 3.8) is 0 Å². The smallest absolute Gasteiger partial charge is 0.136 e. The van der Waals surface area contributed by atoms with Crippen LogP contribution in [0.25, 0.3) is 43.1 Å². The summed E-state index contributed by atoms with van der Waals surface area (Å²) in [6.45, 7) is 20.9. The van der Waals surface area contributed by atoms with E-state index >= 15 is 0 Å². The van der Waals surface area contributed by atoms with Crippen LogP contribution < -0.4 is 41.0 Å². The number of anilines is 2. The first-order valence-corrected chi connectivity index (χ1v) is 30.3. The Hall–Kier alpha value is -8.56. The van der Waals surface area contributed by atoms with Crippen LogP contribution in [0.3, 0.4) is 0 Å². The predicted molar refractivity (Wildman–Crippen MR) is 353 cm³/mol. The fraction of sp³-hybridized carbons (Fsp3) is 0.263. The lowest BCUT2D eigenvalue weighted by Crippen LogP contribution is -2.10. The summed E-state index contributed by atoms with van der Waals surface area (Å²) in [6, 6.07) is 63.8. The van der Waals surface area contributed by atoms with Gasteiger partial charge in [-0.1, -0.05) is 165 Å². The Morgan fingerprint density at radius 2 is 0.548 bits per heavy atom. The molecule has 6 N–H and O–H groups in total. The highest BCUT2D eigenvalue weighted by Gasteiger charge is 2.26. The van der Waals surface area contributed by atoms with Crippen molar-refractivity contribution in [3.05, 3.63) is 226 Å². The number of nitrogens with two attached hydrogens (primary N) is 2. The minimum atomic E-state index is 0.419. The first kappa shape index (κ1) is 57.3. The molecule has 11 rings (SSSR count). The van der Waals surface area contributed by atoms with Crippen molar-refractivity contribution >= 4 is 54.5 Å². The van der Waals surface area contributed by atoms with Gasteiger partial charge in [0.15, 0.2) is 0 Å². The standard InChI is InChI=1S/C76H80N4O4/c1-47(2)61-11-9-12-62(48(3)4)75(61)79-45-41-53-19-31-59(32-20-53)83-67-37-25-56-26-38-68(84-60-33-21-54(22-34-60)42-46-80-76-63(49(5)6)13-10-14-64(76)50(7)8)74-70(56)73(67)71-65(81-57-27-15-51(16-28-57)39-43-77)35-23-55-24-36-66(72(74)69(55)71)82-58-29-17-52(18-30-58)40-44-78/h9-38,47-50,79-80H,39-46,77-78H2,1-8H3.